The number of anilines is 1. The average molecular weight is 480 g/mol. The molecule has 3 aromatic rings. The molecule has 9 heteroatoms. The largest absolute Gasteiger partial charge is 0.497 e. The first-order chi connectivity index (χ1) is 16.2. The number of methoxy groups -OCH3 is 1. The van der Waals surface area contributed by atoms with Crippen molar-refractivity contribution in [2.45, 2.75) is 13.8 Å². The first-order valence-electron chi connectivity index (χ1n) is 10.2. The molecule has 3 aromatic carbocycles. The molecule has 0 fully saturated rings. The molecule has 0 unspecified atom stereocenters. The number of nitrogens with one attached hydrogen (secondary N) is 2. The van der Waals surface area contributed by atoms with Gasteiger partial charge in [-0.3, -0.25) is 19.7 Å². The zero-order valence-electron chi connectivity index (χ0n) is 18.7. The molecule has 0 heterocycles. The second-order valence-corrected chi connectivity index (χ2v) is 7.87. The molecule has 0 aliphatic carbocycles. The van der Waals surface area contributed by atoms with E-state index in [-0.39, 0.29) is 22.0 Å². The van der Waals surface area contributed by atoms with Crippen molar-refractivity contribution >= 4 is 40.9 Å². The molecule has 0 saturated heterocycles. The molecule has 8 nitrogen and oxygen atoms in total. The van der Waals surface area contributed by atoms with Gasteiger partial charge in [-0.2, -0.15) is 0 Å². The number of ether oxygens (including phenoxy) is 1. The van der Waals surface area contributed by atoms with Crippen LogP contribution in [0.4, 0.5) is 11.4 Å². The van der Waals surface area contributed by atoms with Crippen LogP contribution in [-0.4, -0.2) is 23.8 Å². The van der Waals surface area contributed by atoms with Gasteiger partial charge in [0, 0.05) is 17.8 Å². The quantitative estimate of drug-likeness (QED) is 0.272. The van der Waals surface area contributed by atoms with Crippen molar-refractivity contribution in [1.82, 2.24) is 5.32 Å². The van der Waals surface area contributed by atoms with Gasteiger partial charge in [-0.15, -0.1) is 0 Å². The lowest BCUT2D eigenvalue weighted by Gasteiger charge is -2.13. The number of carbonyl (C=O) groups is 2. The Labute approximate surface area is 201 Å². The van der Waals surface area contributed by atoms with Crippen molar-refractivity contribution in [2.75, 3.05) is 12.4 Å². The van der Waals surface area contributed by atoms with Gasteiger partial charge in [0.2, 0.25) is 0 Å². The van der Waals surface area contributed by atoms with Gasteiger partial charge in [0.15, 0.2) is 0 Å². The van der Waals surface area contributed by atoms with E-state index >= 15 is 0 Å². The molecule has 0 aliphatic heterocycles. The Kier molecular flexibility index (Phi) is 7.65. The van der Waals surface area contributed by atoms with Crippen molar-refractivity contribution in [1.29, 1.82) is 0 Å². The van der Waals surface area contributed by atoms with Crippen LogP contribution in [0.25, 0.3) is 6.08 Å². The van der Waals surface area contributed by atoms with Gasteiger partial charge in [-0.05, 0) is 79.1 Å². The maximum absolute atomic E-state index is 13.1. The van der Waals surface area contributed by atoms with Crippen LogP contribution in [0.15, 0.2) is 66.4 Å². The summed E-state index contributed by atoms with van der Waals surface area (Å²) in [6.07, 6.45) is 1.43. The highest BCUT2D eigenvalue weighted by molar-refractivity contribution is 6.34. The fourth-order valence-electron chi connectivity index (χ4n) is 3.03. The van der Waals surface area contributed by atoms with Crippen LogP contribution in [-0.2, 0) is 4.79 Å². The second kappa shape index (κ2) is 10.6. The highest BCUT2D eigenvalue weighted by atomic mass is 35.5. The number of non-ortho nitro benzene ring substituents is 1. The molecule has 174 valence electrons. The normalized spacial score (nSPS) is 11.0. The Morgan fingerprint density at radius 3 is 2.29 bits per heavy atom. The molecule has 0 aromatic heterocycles. The summed E-state index contributed by atoms with van der Waals surface area (Å²) in [4.78, 5) is 36.4. The number of nitrogens with zero attached hydrogens (tertiary/aromatic N) is 1. The predicted octanol–water partition coefficient (Wildman–Crippen LogP) is 5.28. The minimum atomic E-state index is -0.601. The third-order valence-corrected chi connectivity index (χ3v) is 5.41. The van der Waals surface area contributed by atoms with Crippen molar-refractivity contribution in [3.63, 3.8) is 0 Å². The molecular formula is C25H22ClN3O5. The topological polar surface area (TPSA) is 111 Å². The number of aryl methyl sites for hydroxylation is 2. The van der Waals surface area contributed by atoms with E-state index in [2.05, 4.69) is 10.6 Å². The van der Waals surface area contributed by atoms with Gasteiger partial charge in [0.05, 0.1) is 22.6 Å². The van der Waals surface area contributed by atoms with E-state index < -0.39 is 16.7 Å². The number of hydrogen-bond donors (Lipinski definition) is 2. The summed E-state index contributed by atoms with van der Waals surface area (Å²) in [6, 6.07) is 15.6. The molecule has 0 aliphatic rings. The minimum absolute atomic E-state index is 0.0658. The van der Waals surface area contributed by atoms with Gasteiger partial charge in [-0.25, -0.2) is 0 Å². The van der Waals surface area contributed by atoms with Gasteiger partial charge >= 0.3 is 0 Å². The number of rotatable bonds is 7. The van der Waals surface area contributed by atoms with E-state index in [1.165, 1.54) is 49.6 Å². The summed E-state index contributed by atoms with van der Waals surface area (Å²) < 4.78 is 5.10. The number of halogens is 1. The molecule has 3 rings (SSSR count). The number of nitro groups is 1. The highest BCUT2D eigenvalue weighted by Gasteiger charge is 2.18. The van der Waals surface area contributed by atoms with Crippen molar-refractivity contribution in [3.05, 3.63) is 104 Å². The first-order valence-corrected chi connectivity index (χ1v) is 10.6. The number of benzene rings is 3. The van der Waals surface area contributed by atoms with Crippen molar-refractivity contribution in [3.8, 4) is 5.75 Å². The summed E-state index contributed by atoms with van der Waals surface area (Å²) in [6.45, 7) is 3.88. The van der Waals surface area contributed by atoms with Gasteiger partial charge in [0.1, 0.15) is 11.4 Å². The number of carbonyl (C=O) groups excluding carboxylic acids is 2. The molecule has 0 bridgehead atoms. The molecule has 0 atom stereocenters. The van der Waals surface area contributed by atoms with E-state index in [0.717, 1.165) is 11.1 Å². The van der Waals surface area contributed by atoms with Crippen LogP contribution >= 0.6 is 11.6 Å². The summed E-state index contributed by atoms with van der Waals surface area (Å²) >= 11 is 6.21. The Morgan fingerprint density at radius 2 is 1.71 bits per heavy atom. The van der Waals surface area contributed by atoms with Crippen LogP contribution in [0.3, 0.4) is 0 Å². The Hall–Kier alpha value is -4.17. The fourth-order valence-corrected chi connectivity index (χ4v) is 3.29. The summed E-state index contributed by atoms with van der Waals surface area (Å²) in [5, 5.41) is 16.4. The number of hydrogen-bond acceptors (Lipinski definition) is 5. The second-order valence-electron chi connectivity index (χ2n) is 7.46. The number of nitro benzene ring substituents is 1. The molecule has 0 spiro atoms. The Morgan fingerprint density at radius 1 is 1.00 bits per heavy atom. The van der Waals surface area contributed by atoms with Gasteiger partial charge in [0.25, 0.3) is 17.5 Å². The molecule has 0 saturated carbocycles. The highest BCUT2D eigenvalue weighted by Crippen LogP contribution is 2.23. The first kappa shape index (κ1) is 24.5. The molecule has 0 radical (unpaired) electrons. The lowest BCUT2D eigenvalue weighted by Crippen LogP contribution is -2.31. The van der Waals surface area contributed by atoms with E-state index in [1.54, 1.807) is 12.1 Å². The third kappa shape index (κ3) is 5.99. The van der Waals surface area contributed by atoms with Crippen LogP contribution in [0, 0.1) is 24.0 Å². The van der Waals surface area contributed by atoms with E-state index in [1.807, 2.05) is 26.0 Å². The number of amides is 2. The van der Waals surface area contributed by atoms with Gasteiger partial charge < -0.3 is 15.4 Å². The van der Waals surface area contributed by atoms with E-state index in [0.29, 0.717) is 17.0 Å². The average Bonchev–Trinajstić information content (AvgIpc) is 2.81. The van der Waals surface area contributed by atoms with Crippen LogP contribution in [0.1, 0.15) is 27.0 Å². The molecule has 2 N–H and O–H groups in total. The zero-order chi connectivity index (χ0) is 24.8. The van der Waals surface area contributed by atoms with Crippen LogP contribution in [0.2, 0.25) is 5.02 Å². The molecular weight excluding hydrogens is 458 g/mol. The smallest absolute Gasteiger partial charge is 0.272 e. The molecule has 34 heavy (non-hydrogen) atoms. The minimum Gasteiger partial charge on any atom is -0.497 e. The SMILES string of the molecule is COc1ccc(C(=O)NC(=Cc2ccc([N+](=O)[O-])cc2)C(=O)Nc2ccc(C)c(C)c2)c(Cl)c1. The van der Waals surface area contributed by atoms with Crippen molar-refractivity contribution < 1.29 is 19.2 Å². The Bertz CT molecular complexity index is 1290. The maximum Gasteiger partial charge on any atom is 0.272 e. The fraction of sp³-hybridized carbons (Fsp3) is 0.120. The Balaban J connectivity index is 1.93. The molecule has 2 amide bonds. The summed E-state index contributed by atoms with van der Waals surface area (Å²) in [5.41, 5.74) is 3.10. The van der Waals surface area contributed by atoms with E-state index in [4.69, 9.17) is 16.3 Å². The monoisotopic (exact) mass is 479 g/mol. The third-order valence-electron chi connectivity index (χ3n) is 5.09. The lowest BCUT2D eigenvalue weighted by molar-refractivity contribution is -0.384. The van der Waals surface area contributed by atoms with Gasteiger partial charge in [-0.1, -0.05) is 17.7 Å². The lowest BCUT2D eigenvalue weighted by atomic mass is 10.1. The summed E-state index contributed by atoms with van der Waals surface area (Å²) in [5.74, 6) is -0.689. The summed E-state index contributed by atoms with van der Waals surface area (Å²) in [7, 11) is 1.48. The maximum atomic E-state index is 13.1. The van der Waals surface area contributed by atoms with Crippen molar-refractivity contribution in [2.24, 2.45) is 0 Å². The standard InChI is InChI=1S/C25H22ClN3O5/c1-15-4-7-18(12-16(15)2)27-25(31)23(13-17-5-8-19(9-6-17)29(32)33)28-24(30)21-11-10-20(34-3)14-22(21)26/h4-14H,1-3H3,(H,27,31)(H,28,30). The zero-order valence-corrected chi connectivity index (χ0v) is 19.5. The predicted molar refractivity (Wildman–Crippen MR) is 131 cm³/mol. The van der Waals surface area contributed by atoms with Crippen LogP contribution < -0.4 is 15.4 Å². The van der Waals surface area contributed by atoms with E-state index in [9.17, 15) is 19.7 Å². The van der Waals surface area contributed by atoms with Crippen LogP contribution in [0.5, 0.6) is 5.75 Å².